The van der Waals surface area contributed by atoms with Crippen molar-refractivity contribution in [2.24, 2.45) is 0 Å². The molecule has 1 unspecified atom stereocenters. The number of halogens is 6. The van der Waals surface area contributed by atoms with Crippen LogP contribution >= 0.6 is 11.3 Å². The highest BCUT2D eigenvalue weighted by Gasteiger charge is 2.39. The van der Waals surface area contributed by atoms with Crippen LogP contribution in [0.1, 0.15) is 45.2 Å². The minimum Gasteiger partial charge on any atom is -0.379 e. The molecule has 0 aliphatic carbocycles. The van der Waals surface area contributed by atoms with Crippen molar-refractivity contribution in [3.8, 4) is 11.8 Å². The molecule has 1 aliphatic heterocycles. The topological polar surface area (TPSA) is 55.6 Å². The van der Waals surface area contributed by atoms with Gasteiger partial charge in [0.2, 0.25) is 0 Å². The largest absolute Gasteiger partial charge is 0.416 e. The fourth-order valence-electron chi connectivity index (χ4n) is 3.21. The van der Waals surface area contributed by atoms with E-state index >= 15 is 0 Å². The number of nitrogens with one attached hydrogen (secondary N) is 1. The average molecular weight is 495 g/mol. The van der Waals surface area contributed by atoms with E-state index < -0.39 is 29.5 Å². The van der Waals surface area contributed by atoms with E-state index in [-0.39, 0.29) is 11.6 Å². The number of allylic oxidation sites excluding steroid dienone is 2. The van der Waals surface area contributed by atoms with Crippen LogP contribution in [0.15, 0.2) is 48.8 Å². The van der Waals surface area contributed by atoms with E-state index in [1.54, 1.807) is 0 Å². The van der Waals surface area contributed by atoms with Gasteiger partial charge < -0.3 is 5.32 Å². The van der Waals surface area contributed by atoms with Crippen LogP contribution in [0.5, 0.6) is 0 Å². The smallest absolute Gasteiger partial charge is 0.379 e. The zero-order valence-corrected chi connectivity index (χ0v) is 18.2. The lowest BCUT2D eigenvalue weighted by atomic mass is 9.98. The Labute approximate surface area is 193 Å². The van der Waals surface area contributed by atoms with Gasteiger partial charge in [-0.2, -0.15) is 31.4 Å². The Morgan fingerprint density at radius 2 is 1.88 bits per heavy atom. The van der Waals surface area contributed by atoms with E-state index in [9.17, 15) is 26.3 Å². The van der Waals surface area contributed by atoms with E-state index in [1.807, 2.05) is 18.2 Å². The molecule has 1 aliphatic rings. The van der Waals surface area contributed by atoms with Gasteiger partial charge in [-0.05, 0) is 36.6 Å². The van der Waals surface area contributed by atoms with Crippen molar-refractivity contribution < 1.29 is 26.3 Å². The molecule has 4 rings (SSSR count). The maximum absolute atomic E-state index is 13.5. The first-order valence-electron chi connectivity index (χ1n) is 9.81. The quantitative estimate of drug-likeness (QED) is 0.397. The number of rotatable bonds is 3. The summed E-state index contributed by atoms with van der Waals surface area (Å²) in [6.45, 7) is 2.09. The maximum atomic E-state index is 13.5. The highest BCUT2D eigenvalue weighted by molar-refractivity contribution is 7.12. The van der Waals surface area contributed by atoms with Gasteiger partial charge in [-0.3, -0.25) is 4.68 Å². The standard InChI is InChI=1S/C22H15F6N5S/c1-13(16-7-6-15(21(23,24)25)10-17(16)22(26,27)28)33-12-14(11-30-33)5-8-19-31-32-20(34-19)18-4-2-3-9-29-18/h2-4,6-7,10-13,29H,9H2,1H3. The number of hydrogen-bond acceptors (Lipinski definition) is 5. The first kappa shape index (κ1) is 23.6. The van der Waals surface area contributed by atoms with Crippen molar-refractivity contribution in [2.75, 3.05) is 6.54 Å². The summed E-state index contributed by atoms with van der Waals surface area (Å²) in [5, 5.41) is 16.4. The summed E-state index contributed by atoms with van der Waals surface area (Å²) in [4.78, 5) is 0. The van der Waals surface area contributed by atoms with Gasteiger partial charge >= 0.3 is 12.4 Å². The lowest BCUT2D eigenvalue weighted by Gasteiger charge is -2.20. The summed E-state index contributed by atoms with van der Waals surface area (Å²) in [6, 6.07) is 0.593. The Balaban J connectivity index is 1.57. The van der Waals surface area contributed by atoms with Crippen molar-refractivity contribution in [3.05, 3.63) is 81.1 Å². The second-order valence-electron chi connectivity index (χ2n) is 7.23. The van der Waals surface area contributed by atoms with Gasteiger partial charge in [0.05, 0.1) is 34.6 Å². The molecule has 34 heavy (non-hydrogen) atoms. The van der Waals surface area contributed by atoms with E-state index in [0.717, 1.165) is 11.8 Å². The van der Waals surface area contributed by atoms with Crippen LogP contribution in [0.25, 0.3) is 5.70 Å². The molecule has 1 aromatic carbocycles. The van der Waals surface area contributed by atoms with Crippen LogP contribution in [-0.4, -0.2) is 26.5 Å². The summed E-state index contributed by atoms with van der Waals surface area (Å²) in [5.41, 5.74) is -1.83. The molecule has 176 valence electrons. The number of aromatic nitrogens is 4. The van der Waals surface area contributed by atoms with Crippen LogP contribution in [0.4, 0.5) is 26.3 Å². The molecule has 0 saturated carbocycles. The number of hydrogen-bond donors (Lipinski definition) is 1. The van der Waals surface area contributed by atoms with Crippen molar-refractivity contribution in [2.45, 2.75) is 25.3 Å². The van der Waals surface area contributed by atoms with Crippen LogP contribution in [-0.2, 0) is 12.4 Å². The van der Waals surface area contributed by atoms with Crippen LogP contribution in [0, 0.1) is 11.8 Å². The summed E-state index contributed by atoms with van der Waals surface area (Å²) in [5.74, 6) is 5.66. The van der Waals surface area contributed by atoms with Crippen LogP contribution in [0.2, 0.25) is 0 Å². The summed E-state index contributed by atoms with van der Waals surface area (Å²) >= 11 is 1.27. The SMILES string of the molecule is CC(c1ccc(C(F)(F)F)cc1C(F)(F)F)n1cc(C#Cc2nnc(C3=CC=CCN3)s2)cn1. The number of alkyl halides is 6. The van der Waals surface area contributed by atoms with Gasteiger partial charge in [0.15, 0.2) is 10.0 Å². The number of nitrogens with zero attached hydrogens (tertiary/aromatic N) is 4. The Kier molecular flexibility index (Phi) is 6.22. The lowest BCUT2D eigenvalue weighted by Crippen LogP contribution is -2.17. The molecule has 0 fully saturated rings. The number of benzene rings is 1. The monoisotopic (exact) mass is 495 g/mol. The predicted octanol–water partition coefficient (Wildman–Crippen LogP) is 5.28. The molecule has 0 amide bonds. The van der Waals surface area contributed by atoms with Crippen LogP contribution in [0.3, 0.4) is 0 Å². The van der Waals surface area contributed by atoms with Gasteiger partial charge in [0, 0.05) is 12.7 Å². The molecule has 5 nitrogen and oxygen atoms in total. The third-order valence-electron chi connectivity index (χ3n) is 4.91. The summed E-state index contributed by atoms with van der Waals surface area (Å²) < 4.78 is 80.5. The maximum Gasteiger partial charge on any atom is 0.416 e. The minimum absolute atomic E-state index is 0.121. The van der Waals surface area contributed by atoms with E-state index in [1.165, 1.54) is 35.3 Å². The molecule has 0 radical (unpaired) electrons. The molecule has 0 saturated heterocycles. The van der Waals surface area contributed by atoms with E-state index in [2.05, 4.69) is 32.5 Å². The Bertz CT molecular complexity index is 1320. The van der Waals surface area contributed by atoms with Crippen molar-refractivity contribution in [1.82, 2.24) is 25.3 Å². The normalized spacial score (nSPS) is 14.7. The molecule has 0 bridgehead atoms. The molecule has 12 heteroatoms. The van der Waals surface area contributed by atoms with E-state index in [4.69, 9.17) is 0 Å². The molecule has 2 aromatic heterocycles. The zero-order valence-electron chi connectivity index (χ0n) is 17.4. The average Bonchev–Trinajstić information content (AvgIpc) is 3.46. The summed E-state index contributed by atoms with van der Waals surface area (Å²) in [6.07, 6.45) is -1.35. The van der Waals surface area contributed by atoms with Crippen molar-refractivity contribution in [3.63, 3.8) is 0 Å². The van der Waals surface area contributed by atoms with Crippen molar-refractivity contribution in [1.29, 1.82) is 0 Å². The fourth-order valence-corrected chi connectivity index (χ4v) is 3.91. The minimum atomic E-state index is -4.96. The Hall–Kier alpha value is -3.59. The lowest BCUT2D eigenvalue weighted by molar-refractivity contribution is -0.143. The highest BCUT2D eigenvalue weighted by atomic mass is 32.1. The first-order valence-corrected chi connectivity index (χ1v) is 10.6. The molecule has 1 atom stereocenters. The predicted molar refractivity (Wildman–Crippen MR) is 113 cm³/mol. The fraction of sp³-hybridized carbons (Fsp3) is 0.227. The second-order valence-corrected chi connectivity index (χ2v) is 8.21. The van der Waals surface area contributed by atoms with Gasteiger partial charge in [0.25, 0.3) is 0 Å². The highest BCUT2D eigenvalue weighted by Crippen LogP contribution is 2.39. The van der Waals surface area contributed by atoms with E-state index in [0.29, 0.717) is 28.2 Å². The first-order chi connectivity index (χ1) is 16.0. The van der Waals surface area contributed by atoms with Crippen LogP contribution < -0.4 is 5.32 Å². The third kappa shape index (κ3) is 5.14. The van der Waals surface area contributed by atoms with Gasteiger partial charge in [-0.1, -0.05) is 35.5 Å². The van der Waals surface area contributed by atoms with Gasteiger partial charge in [-0.15, -0.1) is 10.2 Å². The Morgan fingerprint density at radius 3 is 2.56 bits per heavy atom. The molecular formula is C22H15F6N5S. The molecule has 0 spiro atoms. The molecule has 3 heterocycles. The number of dihydropyridines is 1. The third-order valence-corrected chi connectivity index (χ3v) is 5.78. The molecule has 3 aromatic rings. The van der Waals surface area contributed by atoms with Crippen molar-refractivity contribution >= 4 is 17.0 Å². The zero-order chi connectivity index (χ0) is 24.5. The molecule has 1 N–H and O–H groups in total. The second kappa shape index (κ2) is 8.98. The summed E-state index contributed by atoms with van der Waals surface area (Å²) in [7, 11) is 0. The Morgan fingerprint density at radius 1 is 1.09 bits per heavy atom. The van der Waals surface area contributed by atoms with Gasteiger partial charge in [0.1, 0.15) is 0 Å². The molecular weight excluding hydrogens is 480 g/mol. The van der Waals surface area contributed by atoms with Gasteiger partial charge in [-0.25, -0.2) is 0 Å².